The first kappa shape index (κ1) is 26.6. The quantitative estimate of drug-likeness (QED) is 0.219. The molecule has 3 nitrogen and oxygen atoms in total. The van der Waals surface area contributed by atoms with Gasteiger partial charge in [0.1, 0.15) is 0 Å². The van der Waals surface area contributed by atoms with Crippen LogP contribution in [0.1, 0.15) is 27.7 Å². The van der Waals surface area contributed by atoms with E-state index < -0.39 is 0 Å². The first-order valence-corrected chi connectivity index (χ1v) is 15.4. The summed E-state index contributed by atoms with van der Waals surface area (Å²) in [4.78, 5) is 3.65. The van der Waals surface area contributed by atoms with Crippen LogP contribution < -0.4 is 0 Å². The van der Waals surface area contributed by atoms with Crippen LogP contribution in [-0.2, 0) is 0 Å². The second kappa shape index (κ2) is 10.8. The summed E-state index contributed by atoms with van der Waals surface area (Å²) in [6, 6.07) is 48.3. The van der Waals surface area contributed by atoms with Gasteiger partial charge in [-0.1, -0.05) is 100 Å². The highest BCUT2D eigenvalue weighted by molar-refractivity contribution is 6.13. The van der Waals surface area contributed by atoms with Crippen LogP contribution in [0, 0.1) is 0 Å². The van der Waals surface area contributed by atoms with Crippen LogP contribution in [0.25, 0.3) is 76.8 Å². The summed E-state index contributed by atoms with van der Waals surface area (Å²) in [6.45, 7) is 8.00. The minimum absolute atomic E-state index is 1.15. The van der Waals surface area contributed by atoms with E-state index in [0.29, 0.717) is 0 Å². The molecule has 3 heterocycles. The normalized spacial score (nSPS) is 11.3. The number of nitrogens with zero attached hydrogens (tertiary/aromatic N) is 2. The van der Waals surface area contributed by atoms with Crippen LogP contribution in [0.4, 0.5) is 0 Å². The Morgan fingerprint density at radius 3 is 0.977 bits per heavy atom. The molecule has 6 aromatic carbocycles. The number of para-hydroxylation sites is 4. The standard InChI is InChI=1S/C36H23N3.2C2H6/c1-5-13-33-25(9-1)26-10-2-6-14-34(26)38(33)23-17-19-31-29(21-23)30-22-24(18-20-32(30)37-31)39-35-15-7-3-11-27(35)28-12-4-8-16-36(28)39;2*1-2/h1-22,37H;2*1-2H3. The van der Waals surface area contributed by atoms with Gasteiger partial charge in [0.25, 0.3) is 0 Å². The van der Waals surface area contributed by atoms with Gasteiger partial charge in [0.2, 0.25) is 0 Å². The molecule has 9 aromatic rings. The predicted octanol–water partition coefficient (Wildman–Crippen LogP) is 11.6. The van der Waals surface area contributed by atoms with E-state index in [1.807, 2.05) is 27.7 Å². The summed E-state index contributed by atoms with van der Waals surface area (Å²) in [5.74, 6) is 0. The topological polar surface area (TPSA) is 25.6 Å². The molecule has 0 amide bonds. The third-order valence-corrected chi connectivity index (χ3v) is 8.24. The Morgan fingerprint density at radius 1 is 0.349 bits per heavy atom. The lowest BCUT2D eigenvalue weighted by molar-refractivity contribution is 1.18. The van der Waals surface area contributed by atoms with Crippen LogP contribution in [0.15, 0.2) is 133 Å². The molecule has 0 bridgehead atoms. The molecule has 43 heavy (non-hydrogen) atoms. The Labute approximate surface area is 251 Å². The van der Waals surface area contributed by atoms with Crippen molar-refractivity contribution in [3.8, 4) is 11.4 Å². The maximum absolute atomic E-state index is 3.65. The lowest BCUT2D eigenvalue weighted by Gasteiger charge is -2.09. The Bertz CT molecular complexity index is 2120. The number of nitrogens with one attached hydrogen (secondary N) is 1. The molecular formula is C40H35N3. The number of aromatic nitrogens is 3. The molecule has 0 aliphatic heterocycles. The summed E-state index contributed by atoms with van der Waals surface area (Å²) in [7, 11) is 0. The Kier molecular flexibility index (Phi) is 6.71. The van der Waals surface area contributed by atoms with Crippen molar-refractivity contribution in [3.05, 3.63) is 133 Å². The Morgan fingerprint density at radius 2 is 0.651 bits per heavy atom. The van der Waals surface area contributed by atoms with Crippen molar-refractivity contribution in [2.45, 2.75) is 27.7 Å². The number of rotatable bonds is 2. The van der Waals surface area contributed by atoms with E-state index in [0.717, 1.165) is 11.0 Å². The minimum atomic E-state index is 1.15. The molecule has 0 saturated carbocycles. The highest BCUT2D eigenvalue weighted by atomic mass is 15.0. The molecule has 210 valence electrons. The van der Waals surface area contributed by atoms with Crippen LogP contribution >= 0.6 is 0 Å². The van der Waals surface area contributed by atoms with E-state index in [4.69, 9.17) is 0 Å². The zero-order valence-electron chi connectivity index (χ0n) is 25.1. The lowest BCUT2D eigenvalue weighted by Crippen LogP contribution is -1.94. The molecule has 0 spiro atoms. The second-order valence-corrected chi connectivity index (χ2v) is 10.3. The smallest absolute Gasteiger partial charge is 0.0541 e. The number of hydrogen-bond donors (Lipinski definition) is 1. The van der Waals surface area contributed by atoms with Crippen LogP contribution in [-0.4, -0.2) is 14.1 Å². The van der Waals surface area contributed by atoms with E-state index in [9.17, 15) is 0 Å². The van der Waals surface area contributed by atoms with Crippen molar-refractivity contribution < 1.29 is 0 Å². The molecule has 1 N–H and O–H groups in total. The number of H-pyrrole nitrogens is 1. The summed E-state index contributed by atoms with van der Waals surface area (Å²) in [6.07, 6.45) is 0. The van der Waals surface area contributed by atoms with Crippen LogP contribution in [0.3, 0.4) is 0 Å². The highest BCUT2D eigenvalue weighted by Gasteiger charge is 2.15. The van der Waals surface area contributed by atoms with Crippen molar-refractivity contribution >= 4 is 65.4 Å². The molecule has 0 fully saturated rings. The third kappa shape index (κ3) is 4.04. The van der Waals surface area contributed by atoms with Crippen LogP contribution in [0.2, 0.25) is 0 Å². The van der Waals surface area contributed by atoms with Gasteiger partial charge in [0.15, 0.2) is 0 Å². The predicted molar refractivity (Wildman–Crippen MR) is 187 cm³/mol. The van der Waals surface area contributed by atoms with Gasteiger partial charge in [0.05, 0.1) is 22.1 Å². The van der Waals surface area contributed by atoms with Gasteiger partial charge in [-0.15, -0.1) is 0 Å². The van der Waals surface area contributed by atoms with Gasteiger partial charge in [-0.05, 0) is 60.7 Å². The fourth-order valence-electron chi connectivity index (χ4n) is 6.55. The van der Waals surface area contributed by atoms with Gasteiger partial charge in [-0.25, -0.2) is 0 Å². The number of fused-ring (bicyclic) bond motifs is 9. The fraction of sp³-hybridized carbons (Fsp3) is 0.100. The fourth-order valence-corrected chi connectivity index (χ4v) is 6.55. The Balaban J connectivity index is 0.000000723. The monoisotopic (exact) mass is 557 g/mol. The van der Waals surface area contributed by atoms with Gasteiger partial charge >= 0.3 is 0 Å². The third-order valence-electron chi connectivity index (χ3n) is 8.24. The molecule has 0 radical (unpaired) electrons. The highest BCUT2D eigenvalue weighted by Crippen LogP contribution is 2.36. The number of aromatic amines is 1. The largest absolute Gasteiger partial charge is 0.355 e. The molecule has 3 aromatic heterocycles. The average Bonchev–Trinajstić information content (AvgIpc) is 3.74. The maximum Gasteiger partial charge on any atom is 0.0541 e. The number of hydrogen-bond acceptors (Lipinski definition) is 0. The first-order valence-electron chi connectivity index (χ1n) is 15.4. The molecule has 0 aliphatic carbocycles. The van der Waals surface area contributed by atoms with Crippen molar-refractivity contribution in [2.75, 3.05) is 0 Å². The first-order chi connectivity index (χ1) is 21.3. The molecule has 0 atom stereocenters. The zero-order valence-corrected chi connectivity index (χ0v) is 25.1. The van der Waals surface area contributed by atoms with Gasteiger partial charge in [0, 0.05) is 54.7 Å². The minimum Gasteiger partial charge on any atom is -0.355 e. The summed E-state index contributed by atoms with van der Waals surface area (Å²) in [5, 5.41) is 7.57. The summed E-state index contributed by atoms with van der Waals surface area (Å²) in [5.41, 5.74) is 9.54. The molecule has 9 rings (SSSR count). The lowest BCUT2D eigenvalue weighted by atomic mass is 10.1. The van der Waals surface area contributed by atoms with Crippen molar-refractivity contribution in [2.24, 2.45) is 0 Å². The molecular weight excluding hydrogens is 522 g/mol. The number of benzene rings is 6. The van der Waals surface area contributed by atoms with E-state index in [-0.39, 0.29) is 0 Å². The van der Waals surface area contributed by atoms with Crippen molar-refractivity contribution in [1.82, 2.24) is 14.1 Å². The Hall–Kier alpha value is -5.28. The van der Waals surface area contributed by atoms with Gasteiger partial charge < -0.3 is 14.1 Å². The second-order valence-electron chi connectivity index (χ2n) is 10.3. The van der Waals surface area contributed by atoms with E-state index in [1.165, 1.54) is 65.8 Å². The van der Waals surface area contributed by atoms with Gasteiger partial charge in [-0.3, -0.25) is 0 Å². The maximum atomic E-state index is 3.65. The molecule has 3 heteroatoms. The van der Waals surface area contributed by atoms with Crippen molar-refractivity contribution in [1.29, 1.82) is 0 Å². The van der Waals surface area contributed by atoms with E-state index >= 15 is 0 Å². The van der Waals surface area contributed by atoms with E-state index in [1.54, 1.807) is 0 Å². The van der Waals surface area contributed by atoms with E-state index in [2.05, 4.69) is 148 Å². The average molecular weight is 558 g/mol. The van der Waals surface area contributed by atoms with Crippen LogP contribution in [0.5, 0.6) is 0 Å². The molecule has 0 saturated heterocycles. The summed E-state index contributed by atoms with van der Waals surface area (Å²) < 4.78 is 4.78. The SMILES string of the molecule is CC.CC.c1ccc2c(c1)c1ccccc1n2-c1ccc2[nH]c3ccc(-n4c5ccccc5c5ccccc54)cc3c2c1. The molecule has 0 aliphatic rings. The molecule has 0 unspecified atom stereocenters. The van der Waals surface area contributed by atoms with Gasteiger partial charge in [-0.2, -0.15) is 0 Å². The zero-order chi connectivity index (χ0) is 29.5. The summed E-state index contributed by atoms with van der Waals surface area (Å²) >= 11 is 0. The van der Waals surface area contributed by atoms with Crippen molar-refractivity contribution in [3.63, 3.8) is 0 Å².